The molecule has 0 aromatic carbocycles. The molecule has 0 aliphatic carbocycles. The minimum absolute atomic E-state index is 0.393. The molecular weight excluding hydrogens is 188 g/mol. The number of hydrogen-bond acceptors (Lipinski definition) is 4. The molecule has 0 radical (unpaired) electrons. The predicted octanol–water partition coefficient (Wildman–Crippen LogP) is 0.708. The van der Waals surface area contributed by atoms with Gasteiger partial charge in [-0.25, -0.2) is 0 Å². The Morgan fingerprint density at radius 3 is 2.80 bits per heavy atom. The Labute approximate surface area is 90.5 Å². The van der Waals surface area contributed by atoms with Gasteiger partial charge in [0.1, 0.15) is 0 Å². The van der Waals surface area contributed by atoms with Crippen LogP contribution in [0.4, 0.5) is 0 Å². The Hall–Kier alpha value is -1.00. The summed E-state index contributed by atoms with van der Waals surface area (Å²) in [7, 11) is 0. The largest absolute Gasteiger partial charge is 0.328 e. The van der Waals surface area contributed by atoms with Crippen molar-refractivity contribution in [2.75, 3.05) is 13.1 Å². The van der Waals surface area contributed by atoms with E-state index in [1.807, 2.05) is 13.1 Å². The Balaban J connectivity index is 1.92. The van der Waals surface area contributed by atoms with Crippen LogP contribution in [0.1, 0.15) is 24.2 Å². The molecule has 0 bridgehead atoms. The minimum atomic E-state index is 0.393. The van der Waals surface area contributed by atoms with E-state index >= 15 is 0 Å². The van der Waals surface area contributed by atoms with Crippen LogP contribution in [-0.2, 0) is 6.54 Å². The lowest BCUT2D eigenvalue weighted by Gasteiger charge is -2.29. The molecule has 0 saturated carbocycles. The van der Waals surface area contributed by atoms with E-state index in [2.05, 4.69) is 14.9 Å². The van der Waals surface area contributed by atoms with Crippen LogP contribution < -0.4 is 5.73 Å². The van der Waals surface area contributed by atoms with Crippen LogP contribution in [0.3, 0.4) is 0 Å². The van der Waals surface area contributed by atoms with E-state index in [1.165, 1.54) is 0 Å². The average molecular weight is 206 g/mol. The maximum absolute atomic E-state index is 5.86. The van der Waals surface area contributed by atoms with Crippen molar-refractivity contribution in [3.05, 3.63) is 23.8 Å². The van der Waals surface area contributed by atoms with E-state index in [9.17, 15) is 0 Å². The normalized spacial score (nSPS) is 19.3. The van der Waals surface area contributed by atoms with E-state index in [0.29, 0.717) is 6.04 Å². The van der Waals surface area contributed by atoms with Crippen molar-refractivity contribution >= 4 is 0 Å². The van der Waals surface area contributed by atoms with Crippen molar-refractivity contribution in [1.29, 1.82) is 0 Å². The van der Waals surface area contributed by atoms with Gasteiger partial charge in [-0.05, 0) is 19.8 Å². The topological polar surface area (TPSA) is 55.0 Å². The highest BCUT2D eigenvalue weighted by Gasteiger charge is 2.16. The zero-order valence-electron chi connectivity index (χ0n) is 9.19. The highest BCUT2D eigenvalue weighted by molar-refractivity contribution is 5.01. The first kappa shape index (κ1) is 10.5. The SMILES string of the molecule is Cc1cncc(CN2CCC(N)CC2)n1. The third-order valence-corrected chi connectivity index (χ3v) is 2.82. The van der Waals surface area contributed by atoms with Crippen LogP contribution in [0.2, 0.25) is 0 Å². The van der Waals surface area contributed by atoms with E-state index in [4.69, 9.17) is 5.73 Å². The summed E-state index contributed by atoms with van der Waals surface area (Å²) in [5.74, 6) is 0. The first-order valence-electron chi connectivity index (χ1n) is 5.49. The van der Waals surface area contributed by atoms with Gasteiger partial charge in [0.15, 0.2) is 0 Å². The zero-order chi connectivity index (χ0) is 10.7. The second-order valence-corrected chi connectivity index (χ2v) is 4.27. The van der Waals surface area contributed by atoms with Crippen molar-refractivity contribution in [3.63, 3.8) is 0 Å². The zero-order valence-corrected chi connectivity index (χ0v) is 9.19. The first-order chi connectivity index (χ1) is 7.24. The number of nitrogens with zero attached hydrogens (tertiary/aromatic N) is 3. The maximum atomic E-state index is 5.86. The van der Waals surface area contributed by atoms with Crippen LogP contribution in [0, 0.1) is 6.92 Å². The number of hydrogen-bond donors (Lipinski definition) is 1. The Bertz CT molecular complexity index is 318. The molecule has 1 aromatic rings. The van der Waals surface area contributed by atoms with Gasteiger partial charge in [-0.15, -0.1) is 0 Å². The van der Waals surface area contributed by atoms with Crippen LogP contribution in [0.25, 0.3) is 0 Å². The second-order valence-electron chi connectivity index (χ2n) is 4.27. The van der Waals surface area contributed by atoms with E-state index < -0.39 is 0 Å². The summed E-state index contributed by atoms with van der Waals surface area (Å²) >= 11 is 0. The molecule has 2 N–H and O–H groups in total. The lowest BCUT2D eigenvalue weighted by Crippen LogP contribution is -2.39. The van der Waals surface area contributed by atoms with Gasteiger partial charge in [-0.1, -0.05) is 0 Å². The smallest absolute Gasteiger partial charge is 0.0730 e. The molecular formula is C11H18N4. The summed E-state index contributed by atoms with van der Waals surface area (Å²) in [5, 5.41) is 0. The molecule has 1 fully saturated rings. The molecule has 1 saturated heterocycles. The highest BCUT2D eigenvalue weighted by Crippen LogP contribution is 2.10. The van der Waals surface area contributed by atoms with Gasteiger partial charge in [0.2, 0.25) is 0 Å². The van der Waals surface area contributed by atoms with Crippen molar-refractivity contribution in [2.24, 2.45) is 5.73 Å². The van der Waals surface area contributed by atoms with Gasteiger partial charge in [0.05, 0.1) is 11.4 Å². The van der Waals surface area contributed by atoms with Crippen LogP contribution in [-0.4, -0.2) is 34.0 Å². The van der Waals surface area contributed by atoms with E-state index in [1.54, 1.807) is 6.20 Å². The van der Waals surface area contributed by atoms with Crippen molar-refractivity contribution in [3.8, 4) is 0 Å². The lowest BCUT2D eigenvalue weighted by molar-refractivity contribution is 0.203. The number of aryl methyl sites for hydroxylation is 1. The Morgan fingerprint density at radius 1 is 1.40 bits per heavy atom. The summed E-state index contributed by atoms with van der Waals surface area (Å²) in [6.07, 6.45) is 5.83. The predicted molar refractivity (Wildman–Crippen MR) is 59.3 cm³/mol. The average Bonchev–Trinajstić information content (AvgIpc) is 2.22. The number of nitrogens with two attached hydrogens (primary N) is 1. The molecule has 2 heterocycles. The monoisotopic (exact) mass is 206 g/mol. The van der Waals surface area contributed by atoms with Crippen molar-refractivity contribution < 1.29 is 0 Å². The second kappa shape index (κ2) is 4.68. The summed E-state index contributed by atoms with van der Waals surface area (Å²) in [6.45, 7) is 5.04. The van der Waals surface area contributed by atoms with E-state index in [-0.39, 0.29) is 0 Å². The minimum Gasteiger partial charge on any atom is -0.328 e. The van der Waals surface area contributed by atoms with Crippen LogP contribution in [0.15, 0.2) is 12.4 Å². The standard InChI is InChI=1S/C11H18N4/c1-9-6-13-7-11(14-9)8-15-4-2-10(12)3-5-15/h6-7,10H,2-5,8,12H2,1H3. The van der Waals surface area contributed by atoms with Crippen LogP contribution in [0.5, 0.6) is 0 Å². The molecule has 82 valence electrons. The van der Waals surface area contributed by atoms with E-state index in [0.717, 1.165) is 43.9 Å². The fourth-order valence-electron chi connectivity index (χ4n) is 1.93. The summed E-state index contributed by atoms with van der Waals surface area (Å²) in [5.41, 5.74) is 7.91. The summed E-state index contributed by atoms with van der Waals surface area (Å²) in [6, 6.07) is 0.393. The first-order valence-corrected chi connectivity index (χ1v) is 5.49. The summed E-state index contributed by atoms with van der Waals surface area (Å²) < 4.78 is 0. The molecule has 4 nitrogen and oxygen atoms in total. The fourth-order valence-corrected chi connectivity index (χ4v) is 1.93. The molecule has 1 aromatic heterocycles. The van der Waals surface area contributed by atoms with Crippen molar-refractivity contribution in [2.45, 2.75) is 32.4 Å². The maximum Gasteiger partial charge on any atom is 0.0730 e. The molecule has 15 heavy (non-hydrogen) atoms. The molecule has 0 spiro atoms. The Morgan fingerprint density at radius 2 is 2.13 bits per heavy atom. The highest BCUT2D eigenvalue weighted by atomic mass is 15.1. The fraction of sp³-hybridized carbons (Fsp3) is 0.636. The molecule has 0 amide bonds. The van der Waals surface area contributed by atoms with Crippen LogP contribution >= 0.6 is 0 Å². The summed E-state index contributed by atoms with van der Waals surface area (Å²) in [4.78, 5) is 11.0. The molecule has 2 rings (SSSR count). The van der Waals surface area contributed by atoms with Gasteiger partial charge in [-0.2, -0.15) is 0 Å². The van der Waals surface area contributed by atoms with Gasteiger partial charge in [-0.3, -0.25) is 14.9 Å². The third-order valence-electron chi connectivity index (χ3n) is 2.82. The molecule has 0 unspecified atom stereocenters. The third kappa shape index (κ3) is 2.97. The molecule has 0 atom stereocenters. The van der Waals surface area contributed by atoms with Gasteiger partial charge in [0, 0.05) is 38.1 Å². The number of rotatable bonds is 2. The quantitative estimate of drug-likeness (QED) is 0.774. The number of aromatic nitrogens is 2. The number of likely N-dealkylation sites (tertiary alicyclic amines) is 1. The molecule has 1 aliphatic rings. The van der Waals surface area contributed by atoms with Gasteiger partial charge >= 0.3 is 0 Å². The Kier molecular flexibility index (Phi) is 3.28. The molecule has 4 heteroatoms. The van der Waals surface area contributed by atoms with Gasteiger partial charge < -0.3 is 5.73 Å². The van der Waals surface area contributed by atoms with Crippen molar-refractivity contribution in [1.82, 2.24) is 14.9 Å². The van der Waals surface area contributed by atoms with Gasteiger partial charge in [0.25, 0.3) is 0 Å². The number of piperidine rings is 1. The lowest BCUT2D eigenvalue weighted by atomic mass is 10.1. The molecule has 1 aliphatic heterocycles.